The Balaban J connectivity index is 2.45. The van der Waals surface area contributed by atoms with Gasteiger partial charge in [0.1, 0.15) is 11.5 Å². The molecule has 0 atom stereocenters. The molecule has 0 saturated carbocycles. The first-order valence-electron chi connectivity index (χ1n) is 4.88. The molecule has 0 fully saturated rings. The summed E-state index contributed by atoms with van der Waals surface area (Å²) in [5.41, 5.74) is 0.337. The molecule has 0 unspecified atom stereocenters. The number of hydrogen-bond donors (Lipinski definition) is 0. The molecule has 17 heavy (non-hydrogen) atoms. The van der Waals surface area contributed by atoms with E-state index in [-0.39, 0.29) is 11.3 Å². The molecular weight excluding hydrogens is 219 g/mol. The summed E-state index contributed by atoms with van der Waals surface area (Å²) in [7, 11) is 0. The van der Waals surface area contributed by atoms with Crippen molar-refractivity contribution in [1.29, 1.82) is 5.26 Å². The average Bonchev–Trinajstić information content (AvgIpc) is 2.38. The Morgan fingerprint density at radius 1 is 1.29 bits per heavy atom. The minimum atomic E-state index is -0.596. The van der Waals surface area contributed by atoms with Crippen molar-refractivity contribution >= 4 is 5.78 Å². The first kappa shape index (κ1) is 11.0. The monoisotopic (exact) mass is 226 g/mol. The minimum absolute atomic E-state index is 0.0462. The van der Waals surface area contributed by atoms with E-state index in [4.69, 9.17) is 5.26 Å². The number of carbonyl (C=O) groups excluding carboxylic acids is 1. The topological polar surface area (TPSA) is 53.8 Å². The maximum absolute atomic E-state index is 13.4. The van der Waals surface area contributed by atoms with E-state index in [1.807, 2.05) is 6.07 Å². The van der Waals surface area contributed by atoms with E-state index in [0.717, 1.165) is 0 Å². The molecule has 0 aliphatic rings. The predicted molar refractivity (Wildman–Crippen MR) is 58.8 cm³/mol. The van der Waals surface area contributed by atoms with Crippen LogP contribution >= 0.6 is 0 Å². The van der Waals surface area contributed by atoms with Gasteiger partial charge in [0.05, 0.1) is 17.2 Å². The summed E-state index contributed by atoms with van der Waals surface area (Å²) in [4.78, 5) is 15.8. The number of rotatable bonds is 2. The van der Waals surface area contributed by atoms with Crippen LogP contribution in [0.1, 0.15) is 21.6 Å². The van der Waals surface area contributed by atoms with Gasteiger partial charge in [-0.2, -0.15) is 5.26 Å². The summed E-state index contributed by atoms with van der Waals surface area (Å²) in [6.07, 6.45) is 1.35. The molecule has 0 aliphatic carbocycles. The lowest BCUT2D eigenvalue weighted by molar-refractivity contribution is 0.103. The highest BCUT2D eigenvalue weighted by Gasteiger charge is 2.14. The molecule has 2 aromatic rings. The maximum Gasteiger partial charge on any atom is 0.214 e. The largest absolute Gasteiger partial charge is 0.287 e. The van der Waals surface area contributed by atoms with Gasteiger partial charge < -0.3 is 0 Å². The number of hydrogen-bond acceptors (Lipinski definition) is 3. The molecule has 0 saturated heterocycles. The molecule has 0 bridgehead atoms. The van der Waals surface area contributed by atoms with Crippen LogP contribution < -0.4 is 0 Å². The summed E-state index contributed by atoms with van der Waals surface area (Å²) in [5.74, 6) is -1.12. The van der Waals surface area contributed by atoms with Crippen LogP contribution in [0.25, 0.3) is 0 Å². The fourth-order valence-corrected chi connectivity index (χ4v) is 1.41. The van der Waals surface area contributed by atoms with Crippen molar-refractivity contribution < 1.29 is 9.18 Å². The Morgan fingerprint density at radius 2 is 2.06 bits per heavy atom. The third kappa shape index (κ3) is 2.18. The van der Waals surface area contributed by atoms with E-state index in [1.54, 1.807) is 6.07 Å². The lowest BCUT2D eigenvalue weighted by Crippen LogP contribution is -2.06. The molecule has 1 aromatic heterocycles. The zero-order chi connectivity index (χ0) is 12.3. The van der Waals surface area contributed by atoms with Crippen LogP contribution in [-0.2, 0) is 0 Å². The summed E-state index contributed by atoms with van der Waals surface area (Å²) < 4.78 is 13.4. The van der Waals surface area contributed by atoms with Gasteiger partial charge in [-0.25, -0.2) is 4.39 Å². The SMILES string of the molecule is N#Cc1ccnc(C(=O)c2ccccc2F)c1. The summed E-state index contributed by atoms with van der Waals surface area (Å²) in [6.45, 7) is 0. The van der Waals surface area contributed by atoms with E-state index in [9.17, 15) is 9.18 Å². The second kappa shape index (κ2) is 4.54. The Morgan fingerprint density at radius 3 is 2.76 bits per heavy atom. The first-order valence-corrected chi connectivity index (χ1v) is 4.88. The lowest BCUT2D eigenvalue weighted by atomic mass is 10.1. The Kier molecular flexibility index (Phi) is 2.93. The molecule has 0 amide bonds. The van der Waals surface area contributed by atoms with Gasteiger partial charge in [-0.05, 0) is 24.3 Å². The summed E-state index contributed by atoms with van der Waals surface area (Å²) in [6, 6.07) is 10.4. The molecule has 2 rings (SSSR count). The first-order chi connectivity index (χ1) is 8.22. The van der Waals surface area contributed by atoms with E-state index >= 15 is 0 Å². The van der Waals surface area contributed by atoms with Gasteiger partial charge in [0.15, 0.2) is 0 Å². The third-order valence-corrected chi connectivity index (χ3v) is 2.24. The highest BCUT2D eigenvalue weighted by molar-refractivity contribution is 6.07. The van der Waals surface area contributed by atoms with Crippen LogP contribution in [0, 0.1) is 17.1 Å². The highest BCUT2D eigenvalue weighted by atomic mass is 19.1. The molecule has 3 nitrogen and oxygen atoms in total. The third-order valence-electron chi connectivity index (χ3n) is 2.24. The molecule has 0 N–H and O–H groups in total. The van der Waals surface area contributed by atoms with Gasteiger partial charge in [0.2, 0.25) is 5.78 Å². The zero-order valence-corrected chi connectivity index (χ0v) is 8.72. The van der Waals surface area contributed by atoms with Crippen molar-refractivity contribution in [2.24, 2.45) is 0 Å². The molecule has 0 aliphatic heterocycles. The number of nitrogens with zero attached hydrogens (tertiary/aromatic N) is 2. The fraction of sp³-hybridized carbons (Fsp3) is 0. The molecular formula is C13H7FN2O. The second-order valence-corrected chi connectivity index (χ2v) is 3.35. The zero-order valence-electron chi connectivity index (χ0n) is 8.72. The van der Waals surface area contributed by atoms with Crippen LogP contribution in [0.5, 0.6) is 0 Å². The van der Waals surface area contributed by atoms with Gasteiger partial charge in [-0.15, -0.1) is 0 Å². The van der Waals surface area contributed by atoms with Crippen molar-refractivity contribution in [3.63, 3.8) is 0 Å². The average molecular weight is 226 g/mol. The number of benzene rings is 1. The number of carbonyl (C=O) groups is 1. The molecule has 4 heteroatoms. The van der Waals surface area contributed by atoms with E-state index in [1.165, 1.54) is 36.5 Å². The van der Waals surface area contributed by atoms with Gasteiger partial charge >= 0.3 is 0 Å². The van der Waals surface area contributed by atoms with Crippen molar-refractivity contribution in [1.82, 2.24) is 4.98 Å². The van der Waals surface area contributed by atoms with Crippen LogP contribution in [0.4, 0.5) is 4.39 Å². The molecule has 1 aromatic carbocycles. The van der Waals surface area contributed by atoms with Crippen molar-refractivity contribution in [2.75, 3.05) is 0 Å². The number of nitriles is 1. The molecule has 0 spiro atoms. The predicted octanol–water partition coefficient (Wildman–Crippen LogP) is 2.32. The molecule has 82 valence electrons. The standard InChI is InChI=1S/C13H7FN2O/c14-11-4-2-1-3-10(11)13(17)12-7-9(8-15)5-6-16-12/h1-7H. The van der Waals surface area contributed by atoms with Gasteiger partial charge in [-0.1, -0.05) is 12.1 Å². The van der Waals surface area contributed by atoms with Gasteiger partial charge in [0, 0.05) is 6.20 Å². The summed E-state index contributed by atoms with van der Waals surface area (Å²) >= 11 is 0. The number of aromatic nitrogens is 1. The van der Waals surface area contributed by atoms with E-state index < -0.39 is 11.6 Å². The minimum Gasteiger partial charge on any atom is -0.287 e. The van der Waals surface area contributed by atoms with Gasteiger partial charge in [-0.3, -0.25) is 9.78 Å². The van der Waals surface area contributed by atoms with Crippen molar-refractivity contribution in [3.8, 4) is 6.07 Å². The highest BCUT2D eigenvalue weighted by Crippen LogP contribution is 2.12. The van der Waals surface area contributed by atoms with E-state index in [2.05, 4.69) is 4.98 Å². The van der Waals surface area contributed by atoms with Gasteiger partial charge in [0.25, 0.3) is 0 Å². The molecule has 0 radical (unpaired) electrons. The Bertz CT molecular complexity index is 617. The fourth-order valence-electron chi connectivity index (χ4n) is 1.41. The van der Waals surface area contributed by atoms with E-state index in [0.29, 0.717) is 5.56 Å². The van der Waals surface area contributed by atoms with Crippen LogP contribution in [0.2, 0.25) is 0 Å². The van der Waals surface area contributed by atoms with Crippen LogP contribution in [0.15, 0.2) is 42.6 Å². The van der Waals surface area contributed by atoms with Crippen molar-refractivity contribution in [3.05, 3.63) is 65.2 Å². The normalized spacial score (nSPS) is 9.65. The smallest absolute Gasteiger partial charge is 0.214 e. The lowest BCUT2D eigenvalue weighted by Gasteiger charge is -2.01. The van der Waals surface area contributed by atoms with Crippen LogP contribution in [-0.4, -0.2) is 10.8 Å². The number of ketones is 1. The molecule has 1 heterocycles. The van der Waals surface area contributed by atoms with Crippen LogP contribution in [0.3, 0.4) is 0 Å². The Hall–Kier alpha value is -2.54. The van der Waals surface area contributed by atoms with Crippen molar-refractivity contribution in [2.45, 2.75) is 0 Å². The maximum atomic E-state index is 13.4. The Labute approximate surface area is 97.2 Å². The second-order valence-electron chi connectivity index (χ2n) is 3.35. The summed E-state index contributed by atoms with van der Waals surface area (Å²) in [5, 5.41) is 8.71. The number of pyridine rings is 1. The quantitative estimate of drug-likeness (QED) is 0.738. The number of halogens is 1.